The van der Waals surface area contributed by atoms with Crippen LogP contribution in [0.3, 0.4) is 0 Å². The molecule has 0 aliphatic heterocycles. The molecule has 2 heterocycles. The third kappa shape index (κ3) is 3.90. The van der Waals surface area contributed by atoms with Gasteiger partial charge in [0.1, 0.15) is 11.4 Å². The van der Waals surface area contributed by atoms with Crippen molar-refractivity contribution in [1.82, 2.24) is 9.97 Å². The lowest BCUT2D eigenvalue weighted by Gasteiger charge is -2.07. The van der Waals surface area contributed by atoms with Crippen LogP contribution in [0.1, 0.15) is 48.9 Å². The Morgan fingerprint density at radius 1 is 1.19 bits per heavy atom. The van der Waals surface area contributed by atoms with E-state index in [9.17, 15) is 0 Å². The Morgan fingerprint density at radius 2 is 2.00 bits per heavy atom. The van der Waals surface area contributed by atoms with Crippen LogP contribution in [0.5, 0.6) is 0 Å². The predicted octanol–water partition coefficient (Wildman–Crippen LogP) is 3.69. The zero-order valence-corrected chi connectivity index (χ0v) is 13.8. The topological polar surface area (TPSA) is 73.1 Å². The van der Waals surface area contributed by atoms with Crippen LogP contribution in [-0.4, -0.2) is 16.6 Å². The summed E-state index contributed by atoms with van der Waals surface area (Å²) in [6.45, 7) is 7.56. The van der Waals surface area contributed by atoms with Gasteiger partial charge in [0.15, 0.2) is 11.6 Å². The minimum absolute atomic E-state index is 0.437. The van der Waals surface area contributed by atoms with Gasteiger partial charge in [0.05, 0.1) is 5.39 Å². The number of thiophene rings is 1. The second kappa shape index (κ2) is 7.68. The number of anilines is 1. The standard InChI is InChI=1S/C15H24N4OS/c1-4-5-6-7-8-20-9-12-17-14(19-16)13-10(2)11(3)21-15(13)18-12/h4-9,16H2,1-3H3,(H,17,18,19). The molecule has 2 rings (SSSR count). The number of nitrogens with zero attached hydrogens (tertiary/aromatic N) is 2. The number of nitrogens with two attached hydrogens (primary N) is 1. The summed E-state index contributed by atoms with van der Waals surface area (Å²) in [6, 6.07) is 0. The van der Waals surface area contributed by atoms with Gasteiger partial charge in [-0.3, -0.25) is 0 Å². The molecule has 0 fully saturated rings. The van der Waals surface area contributed by atoms with Crippen molar-refractivity contribution in [2.45, 2.75) is 53.1 Å². The maximum atomic E-state index is 5.66. The molecule has 2 aromatic rings. The van der Waals surface area contributed by atoms with Crippen molar-refractivity contribution in [3.8, 4) is 0 Å². The number of aromatic nitrogens is 2. The van der Waals surface area contributed by atoms with Crippen LogP contribution in [-0.2, 0) is 11.3 Å². The highest BCUT2D eigenvalue weighted by atomic mass is 32.1. The number of fused-ring (bicyclic) bond motifs is 1. The van der Waals surface area contributed by atoms with Crippen LogP contribution in [0.2, 0.25) is 0 Å². The first kappa shape index (κ1) is 16.1. The number of hydrogen-bond acceptors (Lipinski definition) is 6. The minimum atomic E-state index is 0.437. The number of rotatable bonds is 8. The molecule has 0 aliphatic rings. The van der Waals surface area contributed by atoms with E-state index in [1.54, 1.807) is 11.3 Å². The number of nitrogens with one attached hydrogen (secondary N) is 1. The van der Waals surface area contributed by atoms with Crippen molar-refractivity contribution in [1.29, 1.82) is 0 Å². The molecule has 0 bridgehead atoms. The van der Waals surface area contributed by atoms with E-state index in [0.717, 1.165) is 23.2 Å². The first-order chi connectivity index (χ1) is 10.2. The van der Waals surface area contributed by atoms with Gasteiger partial charge in [-0.05, 0) is 25.8 Å². The summed E-state index contributed by atoms with van der Waals surface area (Å²) >= 11 is 1.67. The van der Waals surface area contributed by atoms with Gasteiger partial charge in [-0.2, -0.15) is 0 Å². The third-order valence-corrected chi connectivity index (χ3v) is 4.69. The van der Waals surface area contributed by atoms with Crippen molar-refractivity contribution in [3.05, 3.63) is 16.3 Å². The largest absolute Gasteiger partial charge is 0.373 e. The fourth-order valence-corrected chi connectivity index (χ4v) is 3.31. The molecule has 0 radical (unpaired) electrons. The number of ether oxygens (including phenoxy) is 1. The molecule has 3 N–H and O–H groups in total. The van der Waals surface area contributed by atoms with E-state index >= 15 is 0 Å². The Balaban J connectivity index is 2.04. The molecule has 0 atom stereocenters. The predicted molar refractivity (Wildman–Crippen MR) is 88.5 cm³/mol. The molecule has 0 saturated carbocycles. The summed E-state index contributed by atoms with van der Waals surface area (Å²) in [6.07, 6.45) is 4.81. The molecule has 6 heteroatoms. The summed E-state index contributed by atoms with van der Waals surface area (Å²) < 4.78 is 5.66. The number of hydrogen-bond donors (Lipinski definition) is 2. The van der Waals surface area contributed by atoms with Crippen molar-refractivity contribution in [2.75, 3.05) is 12.0 Å². The van der Waals surface area contributed by atoms with E-state index in [1.165, 1.54) is 29.7 Å². The summed E-state index contributed by atoms with van der Waals surface area (Å²) in [5.41, 5.74) is 3.87. The Bertz CT molecular complexity index is 597. The van der Waals surface area contributed by atoms with Crippen molar-refractivity contribution >= 4 is 27.4 Å². The van der Waals surface area contributed by atoms with E-state index in [4.69, 9.17) is 10.6 Å². The Kier molecular flexibility index (Phi) is 5.90. The third-order valence-electron chi connectivity index (χ3n) is 3.59. The quantitative estimate of drug-likeness (QED) is 0.442. The number of unbranched alkanes of at least 4 members (excludes halogenated alkanes) is 3. The van der Waals surface area contributed by atoms with Gasteiger partial charge in [-0.1, -0.05) is 26.2 Å². The molecule has 0 unspecified atom stereocenters. The fourth-order valence-electron chi connectivity index (χ4n) is 2.26. The van der Waals surface area contributed by atoms with Crippen LogP contribution in [0.15, 0.2) is 0 Å². The number of aryl methyl sites for hydroxylation is 2. The molecule has 5 nitrogen and oxygen atoms in total. The maximum Gasteiger partial charge on any atom is 0.158 e. The summed E-state index contributed by atoms with van der Waals surface area (Å²) in [7, 11) is 0. The molecule has 0 aliphatic carbocycles. The van der Waals surface area contributed by atoms with Crippen LogP contribution in [0, 0.1) is 13.8 Å². The van der Waals surface area contributed by atoms with Crippen molar-refractivity contribution in [2.24, 2.45) is 5.84 Å². The smallest absolute Gasteiger partial charge is 0.158 e. The highest BCUT2D eigenvalue weighted by Gasteiger charge is 2.13. The summed E-state index contributed by atoms with van der Waals surface area (Å²) in [4.78, 5) is 11.3. The summed E-state index contributed by atoms with van der Waals surface area (Å²) in [5, 5.41) is 1.02. The van der Waals surface area contributed by atoms with Crippen LogP contribution >= 0.6 is 11.3 Å². The van der Waals surface area contributed by atoms with Crippen LogP contribution in [0.4, 0.5) is 5.82 Å². The normalized spacial score (nSPS) is 11.2. The van der Waals surface area contributed by atoms with E-state index in [0.29, 0.717) is 18.2 Å². The molecule has 0 amide bonds. The number of hydrazine groups is 1. The van der Waals surface area contributed by atoms with Gasteiger partial charge >= 0.3 is 0 Å². The molecule has 0 spiro atoms. The van der Waals surface area contributed by atoms with Crippen LogP contribution < -0.4 is 11.3 Å². The van der Waals surface area contributed by atoms with E-state index in [-0.39, 0.29) is 0 Å². The van der Waals surface area contributed by atoms with Gasteiger partial charge in [0, 0.05) is 11.5 Å². The first-order valence-electron chi connectivity index (χ1n) is 7.48. The highest BCUT2D eigenvalue weighted by molar-refractivity contribution is 7.18. The molecule has 116 valence electrons. The Hall–Kier alpha value is -1.24. The molecule has 21 heavy (non-hydrogen) atoms. The molecule has 2 aromatic heterocycles. The van der Waals surface area contributed by atoms with Crippen molar-refractivity contribution < 1.29 is 4.74 Å². The second-order valence-corrected chi connectivity index (χ2v) is 6.41. The minimum Gasteiger partial charge on any atom is -0.373 e. The Labute approximate surface area is 129 Å². The van der Waals surface area contributed by atoms with Gasteiger partial charge in [0.25, 0.3) is 0 Å². The molecular formula is C15H24N4OS. The first-order valence-corrected chi connectivity index (χ1v) is 8.30. The monoisotopic (exact) mass is 308 g/mol. The fraction of sp³-hybridized carbons (Fsp3) is 0.600. The zero-order valence-electron chi connectivity index (χ0n) is 13.0. The zero-order chi connectivity index (χ0) is 15.2. The number of nitrogen functional groups attached to an aromatic ring is 1. The lowest BCUT2D eigenvalue weighted by atomic mass is 10.2. The molecular weight excluding hydrogens is 284 g/mol. The van der Waals surface area contributed by atoms with Crippen molar-refractivity contribution in [3.63, 3.8) is 0 Å². The Morgan fingerprint density at radius 3 is 2.71 bits per heavy atom. The van der Waals surface area contributed by atoms with E-state index in [2.05, 4.69) is 36.2 Å². The van der Waals surface area contributed by atoms with E-state index < -0.39 is 0 Å². The lowest BCUT2D eigenvalue weighted by molar-refractivity contribution is 0.112. The van der Waals surface area contributed by atoms with Crippen LogP contribution in [0.25, 0.3) is 10.2 Å². The van der Waals surface area contributed by atoms with Gasteiger partial charge in [-0.25, -0.2) is 15.8 Å². The SMILES string of the molecule is CCCCCCOCc1nc(NN)c2c(C)c(C)sc2n1. The molecule has 0 aromatic carbocycles. The summed E-state index contributed by atoms with van der Waals surface area (Å²) in [5.74, 6) is 6.97. The van der Waals surface area contributed by atoms with Gasteiger partial charge in [0.2, 0.25) is 0 Å². The van der Waals surface area contributed by atoms with E-state index in [1.807, 2.05) is 0 Å². The lowest BCUT2D eigenvalue weighted by Crippen LogP contribution is -2.11. The van der Waals surface area contributed by atoms with Gasteiger partial charge in [-0.15, -0.1) is 11.3 Å². The maximum absolute atomic E-state index is 5.66. The highest BCUT2D eigenvalue weighted by Crippen LogP contribution is 2.32. The molecule has 0 saturated heterocycles. The van der Waals surface area contributed by atoms with Gasteiger partial charge < -0.3 is 10.2 Å². The average molecular weight is 308 g/mol. The second-order valence-electron chi connectivity index (χ2n) is 5.21. The average Bonchev–Trinajstić information content (AvgIpc) is 2.77.